The summed E-state index contributed by atoms with van der Waals surface area (Å²) in [6, 6.07) is 5.77. The van der Waals surface area contributed by atoms with Gasteiger partial charge < -0.3 is 20.1 Å². The lowest BCUT2D eigenvalue weighted by Crippen LogP contribution is -2.37. The van der Waals surface area contributed by atoms with Crippen molar-refractivity contribution in [3.63, 3.8) is 0 Å². The van der Waals surface area contributed by atoms with Crippen LogP contribution in [0.5, 0.6) is 5.75 Å². The summed E-state index contributed by atoms with van der Waals surface area (Å²) in [4.78, 5) is 42.9. The zero-order valence-corrected chi connectivity index (χ0v) is 19.1. The van der Waals surface area contributed by atoms with E-state index in [2.05, 4.69) is 10.3 Å². The van der Waals surface area contributed by atoms with Crippen molar-refractivity contribution in [2.24, 2.45) is 17.8 Å². The van der Waals surface area contributed by atoms with E-state index in [1.165, 1.54) is 11.3 Å². The lowest BCUT2D eigenvalue weighted by molar-refractivity contribution is -0.135. The Kier molecular flexibility index (Phi) is 6.61. The van der Waals surface area contributed by atoms with Crippen LogP contribution in [0.4, 0.5) is 5.13 Å². The minimum Gasteiger partial charge on any atom is -0.494 e. The van der Waals surface area contributed by atoms with E-state index in [1.807, 2.05) is 30.0 Å². The van der Waals surface area contributed by atoms with Gasteiger partial charge in [-0.2, -0.15) is 0 Å². The number of carboxylic acid groups (broad SMARTS) is 1. The molecular weight excluding hydrogens is 432 g/mol. The fourth-order valence-corrected chi connectivity index (χ4v) is 5.64. The number of likely N-dealkylation sites (tertiary alicyclic amines) is 1. The molecule has 3 saturated heterocycles. The Morgan fingerprint density at radius 1 is 1.25 bits per heavy atom. The molecule has 0 spiro atoms. The Balaban J connectivity index is 0.000000567. The highest BCUT2D eigenvalue weighted by Crippen LogP contribution is 2.36. The number of aromatic nitrogens is 1. The van der Waals surface area contributed by atoms with Gasteiger partial charge in [0.25, 0.3) is 5.97 Å². The van der Waals surface area contributed by atoms with Crippen molar-refractivity contribution in [3.8, 4) is 5.75 Å². The molecule has 172 valence electrons. The number of rotatable bonds is 4. The predicted octanol–water partition coefficient (Wildman–Crippen LogP) is 1.82. The summed E-state index contributed by atoms with van der Waals surface area (Å²) >= 11 is 1.48. The number of fused-ring (bicyclic) bond motifs is 2. The van der Waals surface area contributed by atoms with Crippen molar-refractivity contribution in [3.05, 3.63) is 18.2 Å². The zero-order chi connectivity index (χ0) is 22.8. The highest BCUT2D eigenvalue weighted by atomic mass is 32.1. The number of hydrogen-bond acceptors (Lipinski definition) is 7. The first-order valence-corrected chi connectivity index (χ1v) is 11.7. The summed E-state index contributed by atoms with van der Waals surface area (Å²) in [6.45, 7) is 7.72. The third kappa shape index (κ3) is 4.71. The number of carboxylic acids is 1. The summed E-state index contributed by atoms with van der Waals surface area (Å²) in [6.07, 6.45) is 0.281. The van der Waals surface area contributed by atoms with Gasteiger partial charge in [0, 0.05) is 46.1 Å². The molecule has 3 aliphatic rings. The molecule has 10 heteroatoms. The van der Waals surface area contributed by atoms with E-state index < -0.39 is 5.97 Å². The first-order chi connectivity index (χ1) is 15.4. The number of amides is 2. The predicted molar refractivity (Wildman–Crippen MR) is 121 cm³/mol. The van der Waals surface area contributed by atoms with Crippen LogP contribution in [0.25, 0.3) is 10.2 Å². The van der Waals surface area contributed by atoms with Gasteiger partial charge in [-0.15, -0.1) is 0 Å². The topological polar surface area (TPSA) is 112 Å². The molecule has 2 aromatic rings. The maximum atomic E-state index is 13.0. The number of ether oxygens (including phenoxy) is 1. The van der Waals surface area contributed by atoms with Crippen molar-refractivity contribution in [2.75, 3.05) is 44.2 Å². The van der Waals surface area contributed by atoms with E-state index in [0.717, 1.165) is 49.1 Å². The number of hydrogen-bond donors (Lipinski definition) is 2. The first-order valence-electron chi connectivity index (χ1n) is 10.9. The van der Waals surface area contributed by atoms with Gasteiger partial charge in [-0.1, -0.05) is 11.3 Å². The maximum absolute atomic E-state index is 13.0. The molecule has 3 fully saturated rings. The van der Waals surface area contributed by atoms with Gasteiger partial charge in [0.1, 0.15) is 5.75 Å². The van der Waals surface area contributed by atoms with Gasteiger partial charge in [0.2, 0.25) is 11.8 Å². The lowest BCUT2D eigenvalue weighted by atomic mass is 10.0. The van der Waals surface area contributed by atoms with Crippen LogP contribution in [0, 0.1) is 17.8 Å². The molecule has 32 heavy (non-hydrogen) atoms. The van der Waals surface area contributed by atoms with Crippen molar-refractivity contribution < 1.29 is 24.2 Å². The molecule has 2 amide bonds. The van der Waals surface area contributed by atoms with Gasteiger partial charge in [-0.25, -0.2) is 4.98 Å². The molecule has 0 aliphatic carbocycles. The summed E-state index contributed by atoms with van der Waals surface area (Å²) in [5.74, 6) is 0.973. The largest absolute Gasteiger partial charge is 0.494 e. The molecule has 0 saturated carbocycles. The molecule has 4 heterocycles. The van der Waals surface area contributed by atoms with Gasteiger partial charge in [0.15, 0.2) is 5.13 Å². The molecule has 5 rings (SSSR count). The summed E-state index contributed by atoms with van der Waals surface area (Å²) in [7, 11) is 0. The number of carbonyl (C=O) groups is 3. The molecule has 1 unspecified atom stereocenters. The number of thiazole rings is 1. The fraction of sp³-hybridized carbons (Fsp3) is 0.545. The van der Waals surface area contributed by atoms with Gasteiger partial charge in [0.05, 0.1) is 22.7 Å². The molecule has 3 aliphatic heterocycles. The Morgan fingerprint density at radius 2 is 1.94 bits per heavy atom. The van der Waals surface area contributed by atoms with Crippen molar-refractivity contribution in [1.82, 2.24) is 15.2 Å². The minimum atomic E-state index is -0.833. The third-order valence-corrected chi connectivity index (χ3v) is 7.11. The van der Waals surface area contributed by atoms with Crippen LogP contribution in [-0.4, -0.2) is 72.1 Å². The van der Waals surface area contributed by atoms with Crippen LogP contribution in [0.1, 0.15) is 20.3 Å². The molecule has 3 atom stereocenters. The molecule has 0 radical (unpaired) electrons. The fourth-order valence-electron chi connectivity index (χ4n) is 4.62. The van der Waals surface area contributed by atoms with E-state index in [1.54, 1.807) is 4.90 Å². The zero-order valence-electron chi connectivity index (χ0n) is 18.2. The van der Waals surface area contributed by atoms with Crippen molar-refractivity contribution >= 4 is 44.5 Å². The van der Waals surface area contributed by atoms with E-state index in [0.29, 0.717) is 30.1 Å². The number of benzene rings is 1. The average molecular weight is 461 g/mol. The Morgan fingerprint density at radius 3 is 2.59 bits per heavy atom. The van der Waals surface area contributed by atoms with Crippen LogP contribution in [0.15, 0.2) is 18.2 Å². The quantitative estimate of drug-likeness (QED) is 0.716. The monoisotopic (exact) mass is 460 g/mol. The Labute approximate surface area is 190 Å². The summed E-state index contributed by atoms with van der Waals surface area (Å²) < 4.78 is 6.54. The van der Waals surface area contributed by atoms with Crippen LogP contribution >= 0.6 is 11.3 Å². The maximum Gasteiger partial charge on any atom is 0.300 e. The third-order valence-electron chi connectivity index (χ3n) is 6.07. The number of carbonyl (C=O) groups excluding carboxylic acids is 2. The van der Waals surface area contributed by atoms with E-state index in [9.17, 15) is 9.59 Å². The van der Waals surface area contributed by atoms with Crippen LogP contribution in [0.2, 0.25) is 0 Å². The second-order valence-electron chi connectivity index (χ2n) is 8.41. The normalized spacial score (nSPS) is 24.4. The van der Waals surface area contributed by atoms with Crippen molar-refractivity contribution in [1.29, 1.82) is 0 Å². The number of aliphatic carboxylic acids is 1. The second-order valence-corrected chi connectivity index (χ2v) is 9.41. The summed E-state index contributed by atoms with van der Waals surface area (Å²) in [5, 5.41) is 11.5. The number of nitrogens with one attached hydrogen (secondary N) is 1. The molecular formula is C22H28N4O5S. The Bertz CT molecular complexity index is 1010. The van der Waals surface area contributed by atoms with Gasteiger partial charge >= 0.3 is 0 Å². The second kappa shape index (κ2) is 9.41. The molecule has 2 N–H and O–H groups in total. The highest BCUT2D eigenvalue weighted by Gasteiger charge is 2.43. The highest BCUT2D eigenvalue weighted by molar-refractivity contribution is 7.22. The van der Waals surface area contributed by atoms with Crippen LogP contribution in [-0.2, 0) is 14.4 Å². The Hall–Kier alpha value is -2.72. The van der Waals surface area contributed by atoms with E-state index in [-0.39, 0.29) is 24.2 Å². The summed E-state index contributed by atoms with van der Waals surface area (Å²) in [5.41, 5.74) is 0.853. The van der Waals surface area contributed by atoms with Crippen LogP contribution in [0.3, 0.4) is 0 Å². The standard InChI is InChI=1S/C20H24N4O3S.C2H4O2/c1-2-27-15-3-4-16-17(6-15)28-20(22-16)24-11-12(5-18(24)25)19(26)23-9-13-7-21-8-14(13)10-23;1-2(3)4/h3-4,6,12-14,21H,2,5,7-11H2,1H3;1H3,(H,3,4)/t12?,13-,14+;. The molecule has 1 aromatic carbocycles. The average Bonchev–Trinajstić information content (AvgIpc) is 3.49. The van der Waals surface area contributed by atoms with Crippen molar-refractivity contribution in [2.45, 2.75) is 20.3 Å². The van der Waals surface area contributed by atoms with E-state index >= 15 is 0 Å². The van der Waals surface area contributed by atoms with E-state index in [4.69, 9.17) is 14.6 Å². The van der Waals surface area contributed by atoms with Gasteiger partial charge in [-0.05, 0) is 37.0 Å². The molecule has 0 bridgehead atoms. The minimum absolute atomic E-state index is 0.0107. The first kappa shape index (κ1) is 22.5. The number of anilines is 1. The molecule has 9 nitrogen and oxygen atoms in total. The van der Waals surface area contributed by atoms with Gasteiger partial charge in [-0.3, -0.25) is 19.3 Å². The number of nitrogens with zero attached hydrogens (tertiary/aromatic N) is 3. The lowest BCUT2D eigenvalue weighted by Gasteiger charge is -2.21. The SMILES string of the molecule is CC(=O)O.CCOc1ccc2nc(N3CC(C(=O)N4C[C@H]5CNC[C@H]5C4)CC3=O)sc2c1. The molecule has 1 aromatic heterocycles. The smallest absolute Gasteiger partial charge is 0.300 e. The van der Waals surface area contributed by atoms with Crippen LogP contribution < -0.4 is 15.0 Å².